The summed E-state index contributed by atoms with van der Waals surface area (Å²) in [5.74, 6) is 0. The number of nitrogens with zero attached hydrogens (tertiary/aromatic N) is 1. The summed E-state index contributed by atoms with van der Waals surface area (Å²) >= 11 is -1.85. The summed E-state index contributed by atoms with van der Waals surface area (Å²) in [6.45, 7) is 14.7. The number of rotatable bonds is 3. The van der Waals surface area contributed by atoms with E-state index in [-0.39, 0.29) is 5.43 Å². The summed E-state index contributed by atoms with van der Waals surface area (Å²) in [4.78, 5) is 4.40. The molecule has 0 amide bonds. The third kappa shape index (κ3) is 3.21. The summed E-state index contributed by atoms with van der Waals surface area (Å²) < 4.78 is 1.44. The van der Waals surface area contributed by atoms with Crippen molar-refractivity contribution in [1.29, 1.82) is 0 Å². The quantitative estimate of drug-likeness (QED) is 0.451. The van der Waals surface area contributed by atoms with Crippen LogP contribution in [0.4, 0.5) is 0 Å². The van der Waals surface area contributed by atoms with Crippen LogP contribution in [0.1, 0.15) is 48.0 Å². The number of fused-ring (bicyclic) bond motifs is 1. The zero-order valence-electron chi connectivity index (χ0n) is 17.8. The number of pyridine rings is 1. The number of benzene rings is 1. The molecule has 3 heteroatoms. The van der Waals surface area contributed by atoms with Gasteiger partial charge < -0.3 is 0 Å². The van der Waals surface area contributed by atoms with Crippen molar-refractivity contribution in [3.8, 4) is 0 Å². The molecule has 0 radical (unpaired) electrons. The third-order valence-electron chi connectivity index (χ3n) is 6.73. The molecule has 1 aromatic heterocycles. The van der Waals surface area contributed by atoms with Crippen LogP contribution in [0.3, 0.4) is 0 Å². The van der Waals surface area contributed by atoms with E-state index in [1.807, 2.05) is 12.4 Å². The van der Waals surface area contributed by atoms with Gasteiger partial charge in [-0.25, -0.2) is 0 Å². The zero-order chi connectivity index (χ0) is 20.0. The first-order valence-electron chi connectivity index (χ1n) is 10.2. The molecule has 142 valence electrons. The fourth-order valence-corrected chi connectivity index (χ4v) is 25.5. The molecular weight excluding hydrogens is 434 g/mol. The van der Waals surface area contributed by atoms with Crippen LogP contribution in [-0.4, -0.2) is 10.4 Å². The van der Waals surface area contributed by atoms with Gasteiger partial charge in [-0.05, 0) is 0 Å². The number of allylic oxidation sites excluding steroid dienone is 5. The van der Waals surface area contributed by atoms with Crippen molar-refractivity contribution in [1.82, 2.24) is 4.98 Å². The Hall–Kier alpha value is -1.31. The third-order valence-corrected chi connectivity index (χ3v) is 26.4. The number of hydrogen-bond donors (Lipinski definition) is 0. The predicted octanol–water partition coefficient (Wildman–Crippen LogP) is 6.91. The molecular formula is C25H29NSiZr. The van der Waals surface area contributed by atoms with Crippen molar-refractivity contribution in [2.24, 2.45) is 0 Å². The van der Waals surface area contributed by atoms with Gasteiger partial charge in [0.2, 0.25) is 0 Å². The molecule has 1 nitrogen and oxygen atoms in total. The predicted molar refractivity (Wildman–Crippen MR) is 118 cm³/mol. The van der Waals surface area contributed by atoms with E-state index >= 15 is 0 Å². The van der Waals surface area contributed by atoms with E-state index in [1.54, 1.807) is 27.9 Å². The summed E-state index contributed by atoms with van der Waals surface area (Å²) in [6.07, 6.45) is 6.53. The van der Waals surface area contributed by atoms with Crippen LogP contribution in [0.15, 0.2) is 77.2 Å². The first-order valence-corrected chi connectivity index (χ1v) is 19.2. The van der Waals surface area contributed by atoms with E-state index in [1.165, 1.54) is 16.7 Å². The van der Waals surface area contributed by atoms with Crippen LogP contribution in [0.2, 0.25) is 16.7 Å². The Balaban J connectivity index is 1.90. The molecule has 0 N–H and O–H groups in total. The summed E-state index contributed by atoms with van der Waals surface area (Å²) in [6, 6.07) is 13.4. The minimum atomic E-state index is -1.85. The summed E-state index contributed by atoms with van der Waals surface area (Å²) in [7, 11) is 0. The van der Waals surface area contributed by atoms with E-state index in [4.69, 9.17) is 0 Å². The molecule has 0 fully saturated rings. The van der Waals surface area contributed by atoms with E-state index < -0.39 is 20.4 Å². The van der Waals surface area contributed by atoms with Gasteiger partial charge in [-0.2, -0.15) is 0 Å². The fourth-order valence-electron chi connectivity index (χ4n) is 4.99. The van der Waals surface area contributed by atoms with Gasteiger partial charge in [-0.15, -0.1) is 0 Å². The summed E-state index contributed by atoms with van der Waals surface area (Å²) in [5.41, 5.74) is 11.8. The van der Waals surface area contributed by atoms with E-state index in [9.17, 15) is 0 Å². The molecule has 2 aliphatic carbocycles. The van der Waals surface area contributed by atoms with Gasteiger partial charge in [0.05, 0.1) is 0 Å². The molecule has 28 heavy (non-hydrogen) atoms. The minimum absolute atomic E-state index is 0.328. The molecule has 0 spiro atoms. The van der Waals surface area contributed by atoms with Gasteiger partial charge in [0, 0.05) is 0 Å². The molecule has 1 atom stereocenters. The van der Waals surface area contributed by atoms with E-state index in [0.29, 0.717) is 3.63 Å². The average molecular weight is 463 g/mol. The molecule has 0 bridgehead atoms. The van der Waals surface area contributed by atoms with E-state index in [0.717, 1.165) is 3.63 Å². The molecule has 1 heterocycles. The SMILES string of the molecule is CC1=C(C)[CH]([Zr]([CH]2C=C(c3cccnc3)c3ccccc32)=[Si](C)C)C(C)=C1C. The standard InChI is InChI=1S/C14H10N.C9H13.C2H6Si.Zr/c1-2-6-13-11(4-1)7-8-14(13)12-5-3-9-15-10-12;1-6-5-7(2)9(4)8(6)3;1-3-2;/h1-10H;5H,1-4H3;1-2H3;. The molecule has 1 unspecified atom stereocenters. The molecule has 4 rings (SSSR count). The summed E-state index contributed by atoms with van der Waals surface area (Å²) in [5, 5.41) is 0. The Morgan fingerprint density at radius 1 is 0.893 bits per heavy atom. The van der Waals surface area contributed by atoms with Crippen LogP contribution in [-0.2, 0) is 20.4 Å². The monoisotopic (exact) mass is 461 g/mol. The number of aromatic nitrogens is 1. The van der Waals surface area contributed by atoms with Gasteiger partial charge in [0.15, 0.2) is 0 Å². The Morgan fingerprint density at radius 2 is 1.57 bits per heavy atom. The second-order valence-electron chi connectivity index (χ2n) is 8.39. The van der Waals surface area contributed by atoms with E-state index in [2.05, 4.69) is 88.2 Å². The van der Waals surface area contributed by atoms with Crippen molar-refractivity contribution in [3.63, 3.8) is 0 Å². The Kier molecular flexibility index (Phi) is 5.60. The molecule has 0 saturated heterocycles. The van der Waals surface area contributed by atoms with Crippen molar-refractivity contribution in [2.45, 2.75) is 48.0 Å². The van der Waals surface area contributed by atoms with Gasteiger partial charge in [-0.1, -0.05) is 0 Å². The Morgan fingerprint density at radius 3 is 2.18 bits per heavy atom. The number of hydrogen-bond acceptors (Lipinski definition) is 1. The topological polar surface area (TPSA) is 12.9 Å². The van der Waals surface area contributed by atoms with Gasteiger partial charge in [0.1, 0.15) is 0 Å². The average Bonchev–Trinajstić information content (AvgIpc) is 3.17. The first-order chi connectivity index (χ1) is 13.4. The second kappa shape index (κ2) is 7.84. The molecule has 0 aliphatic heterocycles. The van der Waals surface area contributed by atoms with Crippen molar-refractivity contribution >= 4 is 11.0 Å². The Bertz CT molecular complexity index is 1040. The molecule has 2 aliphatic rings. The zero-order valence-corrected chi connectivity index (χ0v) is 21.3. The maximum absolute atomic E-state index is 4.40. The van der Waals surface area contributed by atoms with Crippen LogP contribution in [0.5, 0.6) is 0 Å². The van der Waals surface area contributed by atoms with Crippen molar-refractivity contribution < 1.29 is 20.4 Å². The fraction of sp³-hybridized carbons (Fsp3) is 0.320. The van der Waals surface area contributed by atoms with Gasteiger partial charge >= 0.3 is 178 Å². The van der Waals surface area contributed by atoms with Crippen molar-refractivity contribution in [3.05, 3.63) is 93.9 Å². The van der Waals surface area contributed by atoms with Crippen LogP contribution >= 0.6 is 0 Å². The molecule has 2 aromatic rings. The maximum atomic E-state index is 4.40. The Labute approximate surface area is 177 Å². The van der Waals surface area contributed by atoms with Gasteiger partial charge in [-0.3, -0.25) is 0 Å². The van der Waals surface area contributed by atoms with Crippen molar-refractivity contribution in [2.75, 3.05) is 0 Å². The van der Waals surface area contributed by atoms with Crippen LogP contribution < -0.4 is 0 Å². The molecule has 1 aromatic carbocycles. The first kappa shape index (κ1) is 20.0. The van der Waals surface area contributed by atoms with Crippen LogP contribution in [0.25, 0.3) is 5.57 Å². The second-order valence-corrected chi connectivity index (χ2v) is 26.4. The van der Waals surface area contributed by atoms with Gasteiger partial charge in [0.25, 0.3) is 0 Å². The normalized spacial score (nSPS) is 19.2. The molecule has 0 saturated carbocycles. The van der Waals surface area contributed by atoms with Crippen LogP contribution in [0, 0.1) is 0 Å².